The molecule has 2 aromatic carbocycles. The lowest BCUT2D eigenvalue weighted by atomic mass is 10.1. The number of unbranched alkanes of at least 4 members (excludes halogenated alkanes) is 4. The molecule has 0 bridgehead atoms. The van der Waals surface area contributed by atoms with Gasteiger partial charge in [0.25, 0.3) is 0 Å². The summed E-state index contributed by atoms with van der Waals surface area (Å²) < 4.78 is 0. The summed E-state index contributed by atoms with van der Waals surface area (Å²) >= 11 is 0. The average molecular weight is 387 g/mol. The normalized spacial score (nSPS) is 11.4. The minimum Gasteiger partial charge on any atom is -0.372 e. The first-order chi connectivity index (χ1) is 14.3. The number of aromatic nitrogens is 1. The number of rotatable bonds is 11. The van der Waals surface area contributed by atoms with Crippen molar-refractivity contribution in [2.24, 2.45) is 0 Å². The van der Waals surface area contributed by atoms with Gasteiger partial charge in [-0.05, 0) is 48.2 Å². The topological polar surface area (TPSA) is 16.1 Å². The van der Waals surface area contributed by atoms with Gasteiger partial charge in [-0.2, -0.15) is 0 Å². The first-order valence-corrected chi connectivity index (χ1v) is 11.2. The minimum atomic E-state index is 1.04. The molecule has 0 saturated heterocycles. The van der Waals surface area contributed by atoms with Crippen LogP contribution in [0.3, 0.4) is 0 Å². The summed E-state index contributed by atoms with van der Waals surface area (Å²) in [5.74, 6) is 0. The summed E-state index contributed by atoms with van der Waals surface area (Å²) in [5, 5.41) is 1.20. The maximum Gasteiger partial charge on any atom is 0.0707 e. The van der Waals surface area contributed by atoms with Gasteiger partial charge in [0, 0.05) is 30.4 Å². The summed E-state index contributed by atoms with van der Waals surface area (Å²) in [6.07, 6.45) is 14.0. The first-order valence-electron chi connectivity index (χ1n) is 11.2. The Hall–Kier alpha value is -2.61. The van der Waals surface area contributed by atoms with Crippen LogP contribution in [0, 0.1) is 0 Å². The Morgan fingerprint density at radius 2 is 1.45 bits per heavy atom. The lowest BCUT2D eigenvalue weighted by Gasteiger charge is -2.25. The molecule has 2 heteroatoms. The molecule has 3 rings (SSSR count). The zero-order valence-electron chi connectivity index (χ0n) is 18.0. The van der Waals surface area contributed by atoms with E-state index in [1.54, 1.807) is 0 Å². The molecule has 0 radical (unpaired) electrons. The Morgan fingerprint density at radius 1 is 0.759 bits per heavy atom. The highest BCUT2D eigenvalue weighted by atomic mass is 15.1. The fourth-order valence-electron chi connectivity index (χ4n) is 3.72. The molecule has 1 heterocycles. The average Bonchev–Trinajstić information content (AvgIpc) is 2.77. The third-order valence-corrected chi connectivity index (χ3v) is 5.46. The molecule has 0 N–H and O–H groups in total. The van der Waals surface area contributed by atoms with E-state index in [9.17, 15) is 0 Å². The van der Waals surface area contributed by atoms with Gasteiger partial charge in [-0.3, -0.25) is 4.98 Å². The summed E-state index contributed by atoms with van der Waals surface area (Å²) in [6.45, 7) is 6.87. The van der Waals surface area contributed by atoms with Gasteiger partial charge in [0.2, 0.25) is 0 Å². The maximum atomic E-state index is 4.45. The zero-order valence-corrected chi connectivity index (χ0v) is 18.0. The number of benzene rings is 2. The second kappa shape index (κ2) is 11.4. The van der Waals surface area contributed by atoms with E-state index in [0.717, 1.165) is 18.6 Å². The molecule has 152 valence electrons. The number of nitrogens with zero attached hydrogens (tertiary/aromatic N) is 2. The van der Waals surface area contributed by atoms with Gasteiger partial charge in [0.05, 0.1) is 5.52 Å². The van der Waals surface area contributed by atoms with E-state index in [2.05, 4.69) is 84.4 Å². The predicted molar refractivity (Wildman–Crippen MR) is 128 cm³/mol. The summed E-state index contributed by atoms with van der Waals surface area (Å²) in [4.78, 5) is 7.01. The molecule has 0 saturated carbocycles. The molecule has 0 amide bonds. The van der Waals surface area contributed by atoms with Crippen LogP contribution in [0.2, 0.25) is 0 Å². The van der Waals surface area contributed by atoms with Crippen molar-refractivity contribution in [3.05, 3.63) is 71.9 Å². The highest BCUT2D eigenvalue weighted by Crippen LogP contribution is 2.21. The molecule has 0 spiro atoms. The Kier molecular flexibility index (Phi) is 8.30. The fraction of sp³-hybridized carbons (Fsp3) is 0.370. The summed E-state index contributed by atoms with van der Waals surface area (Å²) in [7, 11) is 0. The zero-order chi connectivity index (χ0) is 20.3. The van der Waals surface area contributed by atoms with Gasteiger partial charge >= 0.3 is 0 Å². The number of hydrogen-bond donors (Lipinski definition) is 0. The summed E-state index contributed by atoms with van der Waals surface area (Å²) in [5.41, 5.74) is 4.83. The smallest absolute Gasteiger partial charge is 0.0707 e. The van der Waals surface area contributed by atoms with E-state index in [-0.39, 0.29) is 0 Å². The molecule has 0 aliphatic rings. The third kappa shape index (κ3) is 6.19. The largest absolute Gasteiger partial charge is 0.372 e. The van der Waals surface area contributed by atoms with Crippen LogP contribution in [0.25, 0.3) is 23.1 Å². The van der Waals surface area contributed by atoms with Crippen LogP contribution in [0.15, 0.2) is 60.8 Å². The number of pyridine rings is 1. The molecule has 2 nitrogen and oxygen atoms in total. The van der Waals surface area contributed by atoms with Gasteiger partial charge < -0.3 is 4.90 Å². The van der Waals surface area contributed by atoms with Crippen LogP contribution in [0.5, 0.6) is 0 Å². The molecule has 0 atom stereocenters. The molecule has 29 heavy (non-hydrogen) atoms. The van der Waals surface area contributed by atoms with E-state index in [1.807, 2.05) is 12.3 Å². The number of anilines is 1. The van der Waals surface area contributed by atoms with Crippen LogP contribution < -0.4 is 4.90 Å². The van der Waals surface area contributed by atoms with Crippen LogP contribution in [-0.2, 0) is 0 Å². The van der Waals surface area contributed by atoms with Crippen LogP contribution in [0.4, 0.5) is 5.69 Å². The van der Waals surface area contributed by atoms with Gasteiger partial charge in [0.1, 0.15) is 0 Å². The van der Waals surface area contributed by atoms with Crippen molar-refractivity contribution >= 4 is 28.7 Å². The van der Waals surface area contributed by atoms with Gasteiger partial charge in [-0.25, -0.2) is 0 Å². The van der Waals surface area contributed by atoms with Crippen molar-refractivity contribution < 1.29 is 0 Å². The lowest BCUT2D eigenvalue weighted by molar-refractivity contribution is 0.636. The monoisotopic (exact) mass is 386 g/mol. The van der Waals surface area contributed by atoms with E-state index in [4.69, 9.17) is 0 Å². The van der Waals surface area contributed by atoms with Gasteiger partial charge in [0.15, 0.2) is 0 Å². The van der Waals surface area contributed by atoms with E-state index < -0.39 is 0 Å². The van der Waals surface area contributed by atoms with Crippen LogP contribution in [-0.4, -0.2) is 18.1 Å². The molecule has 0 aliphatic carbocycles. The van der Waals surface area contributed by atoms with E-state index in [0.29, 0.717) is 0 Å². The maximum absolute atomic E-state index is 4.45. The van der Waals surface area contributed by atoms with Crippen LogP contribution >= 0.6 is 0 Å². The second-order valence-corrected chi connectivity index (χ2v) is 7.74. The highest BCUT2D eigenvalue weighted by molar-refractivity contribution is 5.90. The first kappa shape index (κ1) is 21.1. The van der Waals surface area contributed by atoms with E-state index >= 15 is 0 Å². The standard InChI is InChI=1S/C27H34N2/c1-3-5-9-21-29(22-10-6-4-2)25-17-14-23(15-18-25)13-16-24-19-20-28-27-12-8-7-11-26(24)27/h7-8,11-20H,3-6,9-10,21-22H2,1-2H3/b16-13+. The van der Waals surface area contributed by atoms with Gasteiger partial charge in [-0.1, -0.05) is 82.0 Å². The van der Waals surface area contributed by atoms with Crippen molar-refractivity contribution in [2.75, 3.05) is 18.0 Å². The van der Waals surface area contributed by atoms with Gasteiger partial charge in [-0.15, -0.1) is 0 Å². The molecular weight excluding hydrogens is 352 g/mol. The Balaban J connectivity index is 1.70. The SMILES string of the molecule is CCCCCN(CCCCC)c1ccc(/C=C/c2ccnc3ccccc23)cc1. The Labute approximate surface area is 176 Å². The third-order valence-electron chi connectivity index (χ3n) is 5.46. The Bertz CT molecular complexity index is 881. The number of para-hydroxylation sites is 1. The minimum absolute atomic E-state index is 1.04. The van der Waals surface area contributed by atoms with Crippen molar-refractivity contribution in [2.45, 2.75) is 52.4 Å². The van der Waals surface area contributed by atoms with E-state index in [1.165, 1.54) is 60.7 Å². The Morgan fingerprint density at radius 3 is 2.14 bits per heavy atom. The van der Waals surface area contributed by atoms with Crippen molar-refractivity contribution in [3.8, 4) is 0 Å². The van der Waals surface area contributed by atoms with Crippen LogP contribution in [0.1, 0.15) is 63.5 Å². The molecule has 1 aromatic heterocycles. The molecular formula is C27H34N2. The molecule has 3 aromatic rings. The van der Waals surface area contributed by atoms with Crippen molar-refractivity contribution in [3.63, 3.8) is 0 Å². The predicted octanol–water partition coefficient (Wildman–Crippen LogP) is 7.59. The van der Waals surface area contributed by atoms with Crippen molar-refractivity contribution in [1.82, 2.24) is 4.98 Å². The number of hydrogen-bond acceptors (Lipinski definition) is 2. The lowest BCUT2D eigenvalue weighted by Crippen LogP contribution is -2.25. The summed E-state index contributed by atoms with van der Waals surface area (Å²) in [6, 6.07) is 19.4. The fourth-order valence-corrected chi connectivity index (χ4v) is 3.72. The number of fused-ring (bicyclic) bond motifs is 1. The highest BCUT2D eigenvalue weighted by Gasteiger charge is 2.06. The second-order valence-electron chi connectivity index (χ2n) is 7.74. The molecule has 0 unspecified atom stereocenters. The molecule has 0 aliphatic heterocycles. The molecule has 0 fully saturated rings. The van der Waals surface area contributed by atoms with Crippen molar-refractivity contribution in [1.29, 1.82) is 0 Å². The quantitative estimate of drug-likeness (QED) is 0.315.